The van der Waals surface area contributed by atoms with Gasteiger partial charge in [-0.25, -0.2) is 0 Å². The van der Waals surface area contributed by atoms with E-state index in [1.165, 1.54) is 28.4 Å². The van der Waals surface area contributed by atoms with Gasteiger partial charge in [0, 0.05) is 0 Å². The summed E-state index contributed by atoms with van der Waals surface area (Å²) in [6, 6.07) is 0. The zero-order valence-electron chi connectivity index (χ0n) is 6.04. The van der Waals surface area contributed by atoms with Gasteiger partial charge in [-0.05, 0) is 0 Å². The molecule has 9 heavy (non-hydrogen) atoms. The molecule has 0 spiro atoms. The van der Waals surface area contributed by atoms with Crippen LogP contribution < -0.4 is 0 Å². The molecule has 0 aromatic rings. The fourth-order valence-corrected chi connectivity index (χ4v) is 1.68. The first-order chi connectivity index (χ1) is 4.24. The molecule has 0 amide bonds. The first-order valence-corrected chi connectivity index (χ1v) is 4.38. The Balaban J connectivity index is 3.82. The number of hydrogen-bond donors (Lipinski definition) is 0. The van der Waals surface area contributed by atoms with E-state index in [0.717, 1.165) is 0 Å². The second-order valence-electron chi connectivity index (χ2n) is 1.07. The van der Waals surface area contributed by atoms with Crippen LogP contribution in [0.3, 0.4) is 0 Å². The Morgan fingerprint density at radius 3 is 0.889 bits per heavy atom. The summed E-state index contributed by atoms with van der Waals surface area (Å²) in [5.41, 5.74) is 0. The van der Waals surface area contributed by atoms with Crippen LogP contribution in [0.4, 0.5) is 0 Å². The van der Waals surface area contributed by atoms with Crippen molar-refractivity contribution in [2.24, 2.45) is 0 Å². The zero-order valence-corrected chi connectivity index (χ0v) is 7.32. The van der Waals surface area contributed by atoms with Crippen molar-refractivity contribution in [3.8, 4) is 0 Å². The van der Waals surface area contributed by atoms with Gasteiger partial charge in [-0.1, -0.05) is 0 Å². The molecule has 0 aromatic carbocycles. The molecule has 0 fully saturated rings. The topological polar surface area (TPSA) is 36.9 Å². The third kappa shape index (κ3) is 2.22. The van der Waals surface area contributed by atoms with E-state index in [1.54, 1.807) is 0 Å². The summed E-state index contributed by atoms with van der Waals surface area (Å²) in [6.45, 7) is 0. The van der Waals surface area contributed by atoms with Crippen LogP contribution in [0.1, 0.15) is 0 Å². The molecule has 4 nitrogen and oxygen atoms in total. The van der Waals surface area contributed by atoms with Gasteiger partial charge in [0.15, 0.2) is 0 Å². The van der Waals surface area contributed by atoms with Crippen LogP contribution in [0.15, 0.2) is 0 Å². The first kappa shape index (κ1) is 9.37. The minimum atomic E-state index is -2.86. The fraction of sp³-hybridized carbons (Fsp3) is 1.00. The second kappa shape index (κ2) is 4.23. The van der Waals surface area contributed by atoms with Gasteiger partial charge < -0.3 is 0 Å². The molecule has 0 heterocycles. The monoisotopic (exact) mass is 176 g/mol. The van der Waals surface area contributed by atoms with Crippen LogP contribution in [0.2, 0.25) is 0 Å². The van der Waals surface area contributed by atoms with Crippen molar-refractivity contribution in [1.82, 2.24) is 0 Å². The molecule has 0 rings (SSSR count). The van der Waals surface area contributed by atoms with E-state index in [9.17, 15) is 0 Å². The molecule has 0 aliphatic carbocycles. The second-order valence-corrected chi connectivity index (χ2v) is 4.43. The molecule has 0 aromatic heterocycles. The van der Waals surface area contributed by atoms with E-state index < -0.39 is 14.4 Å². The van der Waals surface area contributed by atoms with Gasteiger partial charge in [0.1, 0.15) is 0 Å². The van der Waals surface area contributed by atoms with Crippen LogP contribution in [0.5, 0.6) is 0 Å². The SMILES string of the molecule is C[O][Cr]([O]C)([O]C)[O]C. The number of hydrogen-bond acceptors (Lipinski definition) is 4. The van der Waals surface area contributed by atoms with Crippen LogP contribution in [0.25, 0.3) is 0 Å². The third-order valence-corrected chi connectivity index (χ3v) is 3.37. The molecule has 0 aliphatic rings. The maximum atomic E-state index is 4.88. The zero-order chi connectivity index (χ0) is 7.33. The summed E-state index contributed by atoms with van der Waals surface area (Å²) < 4.78 is 19.5. The van der Waals surface area contributed by atoms with Crippen molar-refractivity contribution in [3.05, 3.63) is 0 Å². The van der Waals surface area contributed by atoms with E-state index in [2.05, 4.69) is 0 Å². The van der Waals surface area contributed by atoms with Crippen LogP contribution >= 0.6 is 0 Å². The Morgan fingerprint density at radius 1 is 0.667 bits per heavy atom. The number of rotatable bonds is 4. The molecular weight excluding hydrogens is 164 g/mol. The summed E-state index contributed by atoms with van der Waals surface area (Å²) >= 11 is -2.86. The summed E-state index contributed by atoms with van der Waals surface area (Å²) in [4.78, 5) is 0. The molecule has 0 unspecified atom stereocenters. The van der Waals surface area contributed by atoms with E-state index in [4.69, 9.17) is 15.2 Å². The molecule has 0 bridgehead atoms. The normalized spacial score (nSPS) is 13.8. The molecule has 0 atom stereocenters. The average molecular weight is 176 g/mol. The summed E-state index contributed by atoms with van der Waals surface area (Å²) in [5.74, 6) is 0. The van der Waals surface area contributed by atoms with Crippen molar-refractivity contribution in [2.75, 3.05) is 28.4 Å². The molecule has 58 valence electrons. The van der Waals surface area contributed by atoms with E-state index >= 15 is 0 Å². The van der Waals surface area contributed by atoms with Gasteiger partial charge in [-0.2, -0.15) is 0 Å². The van der Waals surface area contributed by atoms with Crippen molar-refractivity contribution in [3.63, 3.8) is 0 Å². The average Bonchev–Trinajstić information content (AvgIpc) is 1.95. The molecule has 0 saturated carbocycles. The van der Waals surface area contributed by atoms with Gasteiger partial charge in [0.2, 0.25) is 0 Å². The summed E-state index contributed by atoms with van der Waals surface area (Å²) in [7, 11) is 5.99. The predicted molar refractivity (Wildman–Crippen MR) is 28.0 cm³/mol. The first-order valence-electron chi connectivity index (χ1n) is 2.30. The van der Waals surface area contributed by atoms with E-state index in [1.807, 2.05) is 0 Å². The van der Waals surface area contributed by atoms with Crippen molar-refractivity contribution in [2.45, 2.75) is 0 Å². The van der Waals surface area contributed by atoms with Crippen LogP contribution in [-0.4, -0.2) is 28.4 Å². The van der Waals surface area contributed by atoms with Gasteiger partial charge >= 0.3 is 58.0 Å². The molecule has 0 radical (unpaired) electrons. The van der Waals surface area contributed by atoms with Crippen molar-refractivity contribution >= 4 is 0 Å². The Bertz CT molecular complexity index is 55.5. The summed E-state index contributed by atoms with van der Waals surface area (Å²) in [5, 5.41) is 0. The summed E-state index contributed by atoms with van der Waals surface area (Å²) in [6.07, 6.45) is 0. The fourth-order valence-electron chi connectivity index (χ4n) is 0.408. The van der Waals surface area contributed by atoms with Crippen molar-refractivity contribution in [1.29, 1.82) is 0 Å². The van der Waals surface area contributed by atoms with E-state index in [-0.39, 0.29) is 0 Å². The van der Waals surface area contributed by atoms with Gasteiger partial charge in [-0.3, -0.25) is 0 Å². The molecular formula is C4H12CrO4. The van der Waals surface area contributed by atoms with Gasteiger partial charge in [0.25, 0.3) is 0 Å². The Labute approximate surface area is 58.7 Å². The molecule has 5 heteroatoms. The third-order valence-electron chi connectivity index (χ3n) is 0.816. The Morgan fingerprint density at radius 2 is 0.889 bits per heavy atom. The Kier molecular flexibility index (Phi) is 4.40. The minimum absolute atomic E-state index is 1.50. The van der Waals surface area contributed by atoms with Crippen molar-refractivity contribution < 1.29 is 29.6 Å². The standard InChI is InChI=1S/4CH3O.Cr/c4*1-2;/h4*1H3;/q4*-1;+4. The van der Waals surface area contributed by atoms with Gasteiger partial charge in [0.05, 0.1) is 0 Å². The maximum absolute atomic E-state index is 4.88. The molecule has 0 N–H and O–H groups in total. The Hall–Kier alpha value is 0.372. The van der Waals surface area contributed by atoms with Crippen LogP contribution in [-0.2, 0) is 29.6 Å². The van der Waals surface area contributed by atoms with E-state index in [0.29, 0.717) is 0 Å². The molecule has 0 saturated heterocycles. The van der Waals surface area contributed by atoms with Crippen LogP contribution in [0, 0.1) is 0 Å². The predicted octanol–water partition coefficient (Wildman–Crippen LogP) is 0.386. The quantitative estimate of drug-likeness (QED) is 0.620. The van der Waals surface area contributed by atoms with Gasteiger partial charge in [-0.15, -0.1) is 0 Å². The molecule has 0 aliphatic heterocycles.